The van der Waals surface area contributed by atoms with E-state index in [4.69, 9.17) is 10.2 Å². The average Bonchev–Trinajstić information content (AvgIpc) is 1.83. The fraction of sp³-hybridized carbons (Fsp3) is 0.875. The van der Waals surface area contributed by atoms with Gasteiger partial charge in [-0.25, -0.2) is 4.79 Å². The van der Waals surface area contributed by atoms with E-state index >= 15 is 0 Å². The zero-order valence-corrected chi connectivity index (χ0v) is 7.79. The molecule has 1 atom stereocenters. The molecule has 0 fully saturated rings. The maximum absolute atomic E-state index is 10.3. The quantitative estimate of drug-likeness (QED) is 0.598. The molecule has 0 aromatic carbocycles. The lowest BCUT2D eigenvalue weighted by molar-refractivity contribution is 0.133. The summed E-state index contributed by atoms with van der Waals surface area (Å²) in [5, 5.41) is 19.7. The van der Waals surface area contributed by atoms with Gasteiger partial charge < -0.3 is 15.5 Å². The Morgan fingerprint density at radius 3 is 2.33 bits per heavy atom. The fourth-order valence-electron chi connectivity index (χ4n) is 1.31. The second kappa shape index (κ2) is 4.30. The van der Waals surface area contributed by atoms with E-state index in [0.29, 0.717) is 12.3 Å². The van der Waals surface area contributed by atoms with Gasteiger partial charge in [-0.3, -0.25) is 0 Å². The number of hydrogen-bond donors (Lipinski definition) is 3. The highest BCUT2D eigenvalue weighted by molar-refractivity contribution is 5.65. The molecule has 1 amide bonds. The third-order valence-corrected chi connectivity index (χ3v) is 1.62. The summed E-state index contributed by atoms with van der Waals surface area (Å²) in [5.74, 6) is 0.356. The van der Waals surface area contributed by atoms with Gasteiger partial charge in [-0.05, 0) is 19.3 Å². The molecule has 0 spiro atoms. The predicted octanol–water partition coefficient (Wildman–Crippen LogP) is 1.05. The molecule has 0 saturated carbocycles. The first-order valence-electron chi connectivity index (χ1n) is 4.01. The Balaban J connectivity index is 4.13. The van der Waals surface area contributed by atoms with E-state index in [0.717, 1.165) is 0 Å². The van der Waals surface area contributed by atoms with Gasteiger partial charge in [0.15, 0.2) is 0 Å². The lowest BCUT2D eigenvalue weighted by Gasteiger charge is -2.28. The van der Waals surface area contributed by atoms with E-state index in [-0.39, 0.29) is 6.61 Å². The van der Waals surface area contributed by atoms with Gasteiger partial charge in [0, 0.05) is 0 Å². The number of carboxylic acid groups (broad SMARTS) is 1. The summed E-state index contributed by atoms with van der Waals surface area (Å²) in [6, 6.07) is 0. The Morgan fingerprint density at radius 1 is 1.58 bits per heavy atom. The van der Waals surface area contributed by atoms with E-state index in [9.17, 15) is 4.79 Å². The van der Waals surface area contributed by atoms with Crippen molar-refractivity contribution in [1.29, 1.82) is 0 Å². The Kier molecular flexibility index (Phi) is 4.03. The summed E-state index contributed by atoms with van der Waals surface area (Å²) in [7, 11) is 0. The summed E-state index contributed by atoms with van der Waals surface area (Å²) >= 11 is 0. The topological polar surface area (TPSA) is 69.6 Å². The molecule has 0 aliphatic carbocycles. The molecule has 1 unspecified atom stereocenters. The Hall–Kier alpha value is -0.770. The van der Waals surface area contributed by atoms with Gasteiger partial charge in [-0.1, -0.05) is 13.8 Å². The number of amides is 1. The molecule has 4 nitrogen and oxygen atoms in total. The Labute approximate surface area is 72.6 Å². The van der Waals surface area contributed by atoms with Crippen molar-refractivity contribution in [2.24, 2.45) is 5.92 Å². The first kappa shape index (κ1) is 11.2. The summed E-state index contributed by atoms with van der Waals surface area (Å²) in [4.78, 5) is 10.3. The highest BCUT2D eigenvalue weighted by atomic mass is 16.4. The van der Waals surface area contributed by atoms with Crippen molar-refractivity contribution in [2.45, 2.75) is 32.7 Å². The lowest BCUT2D eigenvalue weighted by Crippen LogP contribution is -2.49. The number of carbonyl (C=O) groups is 1. The largest absolute Gasteiger partial charge is 0.465 e. The highest BCUT2D eigenvalue weighted by Crippen LogP contribution is 2.15. The molecule has 0 heterocycles. The van der Waals surface area contributed by atoms with Gasteiger partial charge >= 0.3 is 6.09 Å². The van der Waals surface area contributed by atoms with Crippen LogP contribution in [0.2, 0.25) is 0 Å². The number of aliphatic hydroxyl groups excluding tert-OH is 1. The summed E-state index contributed by atoms with van der Waals surface area (Å²) < 4.78 is 0. The van der Waals surface area contributed by atoms with Crippen molar-refractivity contribution in [3.8, 4) is 0 Å². The molecule has 0 aromatic heterocycles. The van der Waals surface area contributed by atoms with E-state index in [2.05, 4.69) is 5.32 Å². The third-order valence-electron chi connectivity index (χ3n) is 1.62. The van der Waals surface area contributed by atoms with Gasteiger partial charge in [-0.2, -0.15) is 0 Å². The van der Waals surface area contributed by atoms with Gasteiger partial charge in [-0.15, -0.1) is 0 Å². The van der Waals surface area contributed by atoms with E-state index in [1.807, 2.05) is 13.8 Å². The minimum absolute atomic E-state index is 0.169. The molecular weight excluding hydrogens is 158 g/mol. The van der Waals surface area contributed by atoms with Crippen LogP contribution in [0.3, 0.4) is 0 Å². The molecule has 3 N–H and O–H groups in total. The van der Waals surface area contributed by atoms with Crippen LogP contribution in [0.4, 0.5) is 4.79 Å². The fourth-order valence-corrected chi connectivity index (χ4v) is 1.31. The highest BCUT2D eigenvalue weighted by Gasteiger charge is 2.26. The van der Waals surface area contributed by atoms with Crippen LogP contribution in [-0.2, 0) is 0 Å². The van der Waals surface area contributed by atoms with Gasteiger partial charge in [0.2, 0.25) is 0 Å². The van der Waals surface area contributed by atoms with Crippen molar-refractivity contribution < 1.29 is 15.0 Å². The first-order chi connectivity index (χ1) is 5.39. The monoisotopic (exact) mass is 175 g/mol. The minimum atomic E-state index is -1.09. The Bertz CT molecular complexity index is 158. The molecule has 12 heavy (non-hydrogen) atoms. The molecule has 0 saturated heterocycles. The van der Waals surface area contributed by atoms with Crippen molar-refractivity contribution in [2.75, 3.05) is 6.61 Å². The molecule has 0 aliphatic heterocycles. The predicted molar refractivity (Wildman–Crippen MR) is 46.1 cm³/mol. The molecule has 0 radical (unpaired) electrons. The molecular formula is C8H17NO3. The van der Waals surface area contributed by atoms with E-state index in [1.54, 1.807) is 6.92 Å². The molecule has 4 heteroatoms. The molecule has 0 aromatic rings. The Morgan fingerprint density at radius 2 is 2.08 bits per heavy atom. The molecule has 0 rings (SSSR count). The van der Waals surface area contributed by atoms with Crippen LogP contribution in [0, 0.1) is 5.92 Å². The number of nitrogens with one attached hydrogen (secondary N) is 1. The van der Waals surface area contributed by atoms with Crippen LogP contribution in [0.5, 0.6) is 0 Å². The minimum Gasteiger partial charge on any atom is -0.465 e. The van der Waals surface area contributed by atoms with E-state index < -0.39 is 11.6 Å². The van der Waals surface area contributed by atoms with Crippen LogP contribution in [0.25, 0.3) is 0 Å². The number of hydrogen-bond acceptors (Lipinski definition) is 2. The zero-order valence-electron chi connectivity index (χ0n) is 7.79. The van der Waals surface area contributed by atoms with Crippen molar-refractivity contribution in [3.63, 3.8) is 0 Å². The van der Waals surface area contributed by atoms with Crippen molar-refractivity contribution in [3.05, 3.63) is 0 Å². The summed E-state index contributed by atoms with van der Waals surface area (Å²) in [6.07, 6.45) is -0.456. The summed E-state index contributed by atoms with van der Waals surface area (Å²) in [5.41, 5.74) is -0.708. The van der Waals surface area contributed by atoms with Crippen molar-refractivity contribution in [1.82, 2.24) is 5.32 Å². The molecule has 72 valence electrons. The SMILES string of the molecule is CC(C)CC(C)(CO)NC(=O)O. The lowest BCUT2D eigenvalue weighted by atomic mass is 9.92. The number of aliphatic hydroxyl groups is 1. The van der Waals surface area contributed by atoms with Gasteiger partial charge in [0.1, 0.15) is 0 Å². The van der Waals surface area contributed by atoms with E-state index in [1.165, 1.54) is 0 Å². The maximum atomic E-state index is 10.3. The van der Waals surface area contributed by atoms with Crippen molar-refractivity contribution >= 4 is 6.09 Å². The molecule has 0 aliphatic rings. The maximum Gasteiger partial charge on any atom is 0.405 e. The van der Waals surface area contributed by atoms with Crippen LogP contribution in [0.1, 0.15) is 27.2 Å². The number of rotatable bonds is 4. The smallest absolute Gasteiger partial charge is 0.405 e. The van der Waals surface area contributed by atoms with Gasteiger partial charge in [0.25, 0.3) is 0 Å². The zero-order chi connectivity index (χ0) is 9.78. The normalized spacial score (nSPS) is 15.8. The van der Waals surface area contributed by atoms with Crippen LogP contribution < -0.4 is 5.32 Å². The van der Waals surface area contributed by atoms with Crippen LogP contribution >= 0.6 is 0 Å². The van der Waals surface area contributed by atoms with Crippen LogP contribution in [-0.4, -0.2) is 28.5 Å². The van der Waals surface area contributed by atoms with Gasteiger partial charge in [0.05, 0.1) is 12.1 Å². The summed E-state index contributed by atoms with van der Waals surface area (Å²) in [6.45, 7) is 5.49. The molecule has 0 bridgehead atoms. The average molecular weight is 175 g/mol. The second-order valence-corrected chi connectivity index (χ2v) is 3.75. The standard InChI is InChI=1S/C8H17NO3/c1-6(2)4-8(3,5-10)9-7(11)12/h6,9-10H,4-5H2,1-3H3,(H,11,12). The second-order valence-electron chi connectivity index (χ2n) is 3.75. The first-order valence-corrected chi connectivity index (χ1v) is 4.01. The third kappa shape index (κ3) is 4.18. The van der Waals surface area contributed by atoms with Crippen LogP contribution in [0.15, 0.2) is 0 Å².